The average molecular weight is 412 g/mol. The molecule has 30 heavy (non-hydrogen) atoms. The number of hydrogen-bond donors (Lipinski definition) is 2. The first-order valence-corrected chi connectivity index (χ1v) is 10.2. The number of nitrogens with one attached hydrogen (secondary N) is 2. The highest BCUT2D eigenvalue weighted by Crippen LogP contribution is 2.39. The Hall–Kier alpha value is -3.03. The first-order valence-electron chi connectivity index (χ1n) is 10.2. The molecular weight excluding hydrogens is 390 g/mol. The summed E-state index contributed by atoms with van der Waals surface area (Å²) in [4.78, 5) is 21.2. The number of rotatable bonds is 3. The number of alkyl halides is 2. The highest BCUT2D eigenvalue weighted by molar-refractivity contribution is 5.98. The van der Waals surface area contributed by atoms with Crippen LogP contribution >= 0.6 is 0 Å². The third kappa shape index (κ3) is 3.62. The Kier molecular flexibility index (Phi) is 4.64. The number of ether oxygens (including phenoxy) is 1. The largest absolute Gasteiger partial charge is 0.491 e. The van der Waals surface area contributed by atoms with Gasteiger partial charge in [-0.25, -0.2) is 18.7 Å². The second-order valence-corrected chi connectivity index (χ2v) is 7.98. The van der Waals surface area contributed by atoms with Crippen LogP contribution in [0.25, 0.3) is 5.57 Å². The van der Waals surface area contributed by atoms with E-state index in [-0.39, 0.29) is 24.8 Å². The van der Waals surface area contributed by atoms with E-state index in [2.05, 4.69) is 26.7 Å². The fourth-order valence-corrected chi connectivity index (χ4v) is 4.16. The van der Waals surface area contributed by atoms with Crippen molar-refractivity contribution in [1.82, 2.24) is 15.3 Å². The summed E-state index contributed by atoms with van der Waals surface area (Å²) in [7, 11) is 0. The fourth-order valence-electron chi connectivity index (χ4n) is 4.16. The summed E-state index contributed by atoms with van der Waals surface area (Å²) in [5, 5.41) is 5.83. The molecule has 2 N–H and O–H groups in total. The Morgan fingerprint density at radius 2 is 2.10 bits per heavy atom. The average Bonchev–Trinajstić information content (AvgIpc) is 3.02. The van der Waals surface area contributed by atoms with E-state index < -0.39 is 5.92 Å². The predicted molar refractivity (Wildman–Crippen MR) is 108 cm³/mol. The number of nitrogens with zero attached hydrogens (tertiary/aromatic N) is 2. The van der Waals surface area contributed by atoms with Gasteiger partial charge in [0.1, 0.15) is 12.4 Å². The van der Waals surface area contributed by atoms with Crippen molar-refractivity contribution in [2.75, 3.05) is 18.5 Å². The molecule has 1 amide bonds. The molecule has 8 heteroatoms. The lowest BCUT2D eigenvalue weighted by atomic mass is 9.88. The van der Waals surface area contributed by atoms with Crippen LogP contribution < -0.4 is 15.4 Å². The van der Waals surface area contributed by atoms with Crippen molar-refractivity contribution in [2.24, 2.45) is 0 Å². The van der Waals surface area contributed by atoms with Crippen LogP contribution in [0.3, 0.4) is 0 Å². The number of carbonyl (C=O) groups excluding carboxylic acids is 1. The molecule has 2 aromatic rings. The van der Waals surface area contributed by atoms with Crippen molar-refractivity contribution < 1.29 is 18.3 Å². The molecule has 2 heterocycles. The number of anilines is 1. The molecule has 0 radical (unpaired) electrons. The van der Waals surface area contributed by atoms with Gasteiger partial charge in [-0.15, -0.1) is 0 Å². The summed E-state index contributed by atoms with van der Waals surface area (Å²) in [5.74, 6) is -1.74. The molecular formula is C22H22F2N4O2. The third-order valence-electron chi connectivity index (χ3n) is 5.73. The van der Waals surface area contributed by atoms with E-state index >= 15 is 0 Å². The molecule has 0 bridgehead atoms. The zero-order chi connectivity index (χ0) is 20.7. The molecule has 156 valence electrons. The monoisotopic (exact) mass is 412 g/mol. The summed E-state index contributed by atoms with van der Waals surface area (Å²) in [6, 6.07) is 5.30. The molecule has 0 spiro atoms. The number of amides is 1. The maximum atomic E-state index is 13.1. The molecule has 0 atom stereocenters. The molecule has 1 saturated carbocycles. The van der Waals surface area contributed by atoms with Gasteiger partial charge in [0.25, 0.3) is 11.8 Å². The molecule has 6 nitrogen and oxygen atoms in total. The van der Waals surface area contributed by atoms with Crippen molar-refractivity contribution in [3.8, 4) is 5.75 Å². The van der Waals surface area contributed by atoms with Crippen LogP contribution in [0.2, 0.25) is 0 Å². The summed E-state index contributed by atoms with van der Waals surface area (Å²) < 4.78 is 32.0. The number of aromatic nitrogens is 2. The highest BCUT2D eigenvalue weighted by atomic mass is 19.3. The van der Waals surface area contributed by atoms with Crippen LogP contribution in [0, 0.1) is 0 Å². The van der Waals surface area contributed by atoms with Gasteiger partial charge in [-0.1, -0.05) is 12.1 Å². The van der Waals surface area contributed by atoms with Gasteiger partial charge >= 0.3 is 0 Å². The Morgan fingerprint density at radius 1 is 1.23 bits per heavy atom. The van der Waals surface area contributed by atoms with E-state index in [1.54, 1.807) is 12.3 Å². The predicted octanol–water partition coefficient (Wildman–Crippen LogP) is 3.58. The molecule has 5 rings (SSSR count). The summed E-state index contributed by atoms with van der Waals surface area (Å²) in [6.07, 6.45) is 6.19. The van der Waals surface area contributed by atoms with Gasteiger partial charge in [0.2, 0.25) is 5.95 Å². The molecule has 3 aliphatic rings. The zero-order valence-electron chi connectivity index (χ0n) is 16.4. The van der Waals surface area contributed by atoms with Gasteiger partial charge in [-0.2, -0.15) is 0 Å². The van der Waals surface area contributed by atoms with Crippen LogP contribution in [-0.2, 0) is 6.42 Å². The minimum atomic E-state index is -2.58. The lowest BCUT2D eigenvalue weighted by Crippen LogP contribution is -2.44. The maximum Gasteiger partial charge on any atom is 0.255 e. The molecule has 1 aliphatic heterocycles. The van der Waals surface area contributed by atoms with E-state index in [0.717, 1.165) is 41.7 Å². The SMILES string of the molecule is O=C1NCCOc2cc(C3=CCCCc4nc(NC5CC(F)(F)C5)ncc43)ccc21. The number of hydrogen-bond acceptors (Lipinski definition) is 5. The van der Waals surface area contributed by atoms with E-state index in [4.69, 9.17) is 4.74 Å². The van der Waals surface area contributed by atoms with E-state index in [1.807, 2.05) is 12.1 Å². The van der Waals surface area contributed by atoms with Crippen molar-refractivity contribution >= 4 is 17.4 Å². The Balaban J connectivity index is 1.44. The number of halogens is 2. The van der Waals surface area contributed by atoms with E-state index in [0.29, 0.717) is 30.4 Å². The maximum absolute atomic E-state index is 13.1. The zero-order valence-corrected chi connectivity index (χ0v) is 16.4. The quantitative estimate of drug-likeness (QED) is 0.806. The standard InChI is InChI=1S/C22H22F2N4O2/c23-22(24)10-14(11-22)27-21-26-12-17-15(3-1-2-4-18(17)28-21)13-5-6-16-19(9-13)30-8-7-25-20(16)29/h3,5-6,9,12,14H,1-2,4,7-8,10-11H2,(H,25,29)(H,26,27,28). The molecule has 1 aromatic carbocycles. The van der Waals surface area contributed by atoms with Crippen LogP contribution in [0.5, 0.6) is 5.75 Å². The van der Waals surface area contributed by atoms with Gasteiger partial charge in [0.05, 0.1) is 17.8 Å². The van der Waals surface area contributed by atoms with E-state index in [9.17, 15) is 13.6 Å². The summed E-state index contributed by atoms with van der Waals surface area (Å²) in [5.41, 5.74) is 4.29. The molecule has 2 aliphatic carbocycles. The Morgan fingerprint density at radius 3 is 2.93 bits per heavy atom. The molecule has 0 saturated heterocycles. The highest BCUT2D eigenvalue weighted by Gasteiger charge is 2.45. The third-order valence-corrected chi connectivity index (χ3v) is 5.73. The molecule has 0 unspecified atom stereocenters. The van der Waals surface area contributed by atoms with Gasteiger partial charge in [-0.3, -0.25) is 4.79 Å². The minimum absolute atomic E-state index is 0.134. The summed E-state index contributed by atoms with van der Waals surface area (Å²) >= 11 is 0. The van der Waals surface area contributed by atoms with Gasteiger partial charge in [0, 0.05) is 30.6 Å². The van der Waals surface area contributed by atoms with Crippen molar-refractivity contribution in [1.29, 1.82) is 0 Å². The lowest BCUT2D eigenvalue weighted by Gasteiger charge is -2.35. The Labute approximate surface area is 172 Å². The smallest absolute Gasteiger partial charge is 0.255 e. The number of fused-ring (bicyclic) bond motifs is 2. The second kappa shape index (κ2) is 7.34. The van der Waals surface area contributed by atoms with Gasteiger partial charge in [0.15, 0.2) is 0 Å². The van der Waals surface area contributed by atoms with Crippen LogP contribution in [0.1, 0.15) is 52.9 Å². The summed E-state index contributed by atoms with van der Waals surface area (Å²) in [6.45, 7) is 0.904. The molecule has 1 fully saturated rings. The fraction of sp³-hybridized carbons (Fsp3) is 0.409. The number of benzene rings is 1. The van der Waals surface area contributed by atoms with Crippen molar-refractivity contribution in [3.05, 3.63) is 52.9 Å². The second-order valence-electron chi connectivity index (χ2n) is 7.98. The molecule has 1 aromatic heterocycles. The van der Waals surface area contributed by atoms with Crippen LogP contribution in [0.15, 0.2) is 30.5 Å². The Bertz CT molecular complexity index is 1030. The van der Waals surface area contributed by atoms with Crippen molar-refractivity contribution in [3.63, 3.8) is 0 Å². The minimum Gasteiger partial charge on any atom is -0.491 e. The topological polar surface area (TPSA) is 76.1 Å². The normalized spacial score (nSPS) is 20.3. The number of carbonyl (C=O) groups is 1. The van der Waals surface area contributed by atoms with Gasteiger partial charge < -0.3 is 15.4 Å². The van der Waals surface area contributed by atoms with Gasteiger partial charge in [-0.05, 0) is 42.5 Å². The first-order chi connectivity index (χ1) is 14.5. The number of allylic oxidation sites excluding steroid dienone is 1. The van der Waals surface area contributed by atoms with Crippen LogP contribution in [0.4, 0.5) is 14.7 Å². The van der Waals surface area contributed by atoms with Crippen LogP contribution in [-0.4, -0.2) is 41.0 Å². The number of aryl methyl sites for hydroxylation is 1. The van der Waals surface area contributed by atoms with Crippen molar-refractivity contribution in [2.45, 2.75) is 44.1 Å². The lowest BCUT2D eigenvalue weighted by molar-refractivity contribution is -0.0794. The first kappa shape index (κ1) is 19.0. The van der Waals surface area contributed by atoms with E-state index in [1.165, 1.54) is 0 Å².